The van der Waals surface area contributed by atoms with Crippen LogP contribution < -0.4 is 5.32 Å². The lowest BCUT2D eigenvalue weighted by molar-refractivity contribution is -0.756. The molecule has 0 spiro atoms. The Balaban J connectivity index is -0.00000291. The summed E-state index contributed by atoms with van der Waals surface area (Å²) in [7, 11) is 0. The molecule has 2 fully saturated rings. The zero-order chi connectivity index (χ0) is 41.4. The molecule has 18 atom stereocenters. The van der Waals surface area contributed by atoms with Gasteiger partial charge in [-0.1, -0.05) is 6.08 Å². The number of carbonyl (C=O) groups excluding carboxylic acids is 1. The van der Waals surface area contributed by atoms with Gasteiger partial charge in [0, 0.05) is 5.71 Å². The summed E-state index contributed by atoms with van der Waals surface area (Å²) in [5.74, 6) is 8.61. The molecule has 18 unspecified atom stereocenters. The summed E-state index contributed by atoms with van der Waals surface area (Å²) in [6.45, 7) is -1.27. The van der Waals surface area contributed by atoms with Gasteiger partial charge < -0.3 is 90.3 Å². The van der Waals surface area contributed by atoms with Crippen LogP contribution in [0.2, 0.25) is 0 Å². The number of rotatable bonds is 18. The second kappa shape index (κ2) is 24.1. The van der Waals surface area contributed by atoms with Crippen molar-refractivity contribution in [3.05, 3.63) is 11.6 Å². The minimum atomic E-state index is -2.13. The lowest BCUT2D eigenvalue weighted by Crippen LogP contribution is -2.68. The first kappa shape index (κ1) is 48.3. The Morgan fingerprint density at radius 3 is 2.07 bits per heavy atom. The van der Waals surface area contributed by atoms with Crippen LogP contribution in [-0.2, 0) is 48.8 Å². The number of aliphatic hydroxyl groups is 12. The Kier molecular flexibility index (Phi) is 21.1. The fraction of sp³-hybridized carbons (Fsp3) is 0.710. The molecule has 24 nitrogen and oxygen atoms in total. The first-order valence-electron chi connectivity index (χ1n) is 16.0. The standard InChI is InChI=1S/C25H43NO23.C6H2.4H2/c1-7-13(26-9-2-8(3-27)21(17(36)14(9)33)45-47-49-48-46-40)16(35)19(38)24(41-7)44-23-12(6-30)42-25(20(39)18(23)37)43-22(11(32)5-29)15(34)10(31)4-28;1-3-5-6-4-2;;;;/h2,4,7,9-27,29-40H,3,5-6H2,1H3;1-2H;4*1H. The van der Waals surface area contributed by atoms with Gasteiger partial charge in [0.25, 0.3) is 0 Å². The molecule has 0 aromatic carbocycles. The number of terminal acetylenes is 2. The van der Waals surface area contributed by atoms with Crippen LogP contribution in [0.5, 0.6) is 0 Å². The number of carbonyl (C=O) groups is 1. The van der Waals surface area contributed by atoms with Gasteiger partial charge in [-0.25, -0.2) is 5.26 Å². The molecule has 0 amide bonds. The number of ether oxygens (including phenoxy) is 4. The first-order chi connectivity index (χ1) is 26.2. The van der Waals surface area contributed by atoms with E-state index in [0.29, 0.717) is 0 Å². The number of hydrogen-bond acceptors (Lipinski definition) is 24. The topological polar surface area (TPSA) is 375 Å². The van der Waals surface area contributed by atoms with Crippen LogP contribution in [-0.4, -0.2) is 203 Å². The van der Waals surface area contributed by atoms with E-state index in [1.165, 1.54) is 13.0 Å². The van der Waals surface area contributed by atoms with Crippen molar-refractivity contribution in [1.82, 2.24) is 5.32 Å². The van der Waals surface area contributed by atoms with Crippen LogP contribution in [0.15, 0.2) is 11.6 Å². The maximum Gasteiger partial charge on any atom is 0.187 e. The predicted octanol–water partition coefficient (Wildman–Crippen LogP) is -7.26. The third-order valence-corrected chi connectivity index (χ3v) is 8.44. The molecule has 24 heteroatoms. The van der Waals surface area contributed by atoms with Crippen molar-refractivity contribution in [3.8, 4) is 36.5 Å². The lowest BCUT2D eigenvalue weighted by Gasteiger charge is -2.48. The van der Waals surface area contributed by atoms with Crippen LogP contribution in [0, 0.1) is 36.5 Å². The fourth-order valence-electron chi connectivity index (χ4n) is 5.61. The highest BCUT2D eigenvalue weighted by Crippen LogP contribution is 2.32. The monoisotopic (exact) mass is 807 g/mol. The quantitative estimate of drug-likeness (QED) is 0.0153. The van der Waals surface area contributed by atoms with Crippen molar-refractivity contribution in [2.45, 2.75) is 117 Å². The van der Waals surface area contributed by atoms with Gasteiger partial charge in [-0.15, -0.1) is 12.8 Å². The van der Waals surface area contributed by atoms with Crippen LogP contribution in [0.3, 0.4) is 0 Å². The zero-order valence-corrected chi connectivity index (χ0v) is 28.7. The number of aldehydes is 1. The van der Waals surface area contributed by atoms with Crippen molar-refractivity contribution in [3.63, 3.8) is 0 Å². The van der Waals surface area contributed by atoms with E-state index in [4.69, 9.17) is 41.9 Å². The van der Waals surface area contributed by atoms with Crippen molar-refractivity contribution in [2.75, 3.05) is 19.8 Å². The predicted molar refractivity (Wildman–Crippen MR) is 179 cm³/mol. The molecule has 0 bridgehead atoms. The maximum absolute atomic E-state index is 11.0. The smallest absolute Gasteiger partial charge is 0.187 e. The van der Waals surface area contributed by atoms with Crippen LogP contribution in [0.25, 0.3) is 0 Å². The van der Waals surface area contributed by atoms with Crippen molar-refractivity contribution in [2.24, 2.45) is 0 Å². The molecule has 320 valence electrons. The normalized spacial score (nSPS) is 36.9. The van der Waals surface area contributed by atoms with E-state index in [1.807, 2.05) is 0 Å². The highest BCUT2D eigenvalue weighted by atomic mass is 17.8. The summed E-state index contributed by atoms with van der Waals surface area (Å²) in [6, 6.07) is -2.40. The molecular weight excluding hydrogens is 754 g/mol. The molecule has 2 aliphatic heterocycles. The minimum Gasteiger partial charge on any atom is -0.394 e. The van der Waals surface area contributed by atoms with Crippen LogP contribution in [0.1, 0.15) is 12.6 Å². The van der Waals surface area contributed by atoms with Gasteiger partial charge in [-0.3, -0.25) is 0 Å². The van der Waals surface area contributed by atoms with E-state index in [9.17, 15) is 66.1 Å². The Bertz CT molecular complexity index is 1330. The van der Waals surface area contributed by atoms with E-state index in [-0.39, 0.29) is 17.6 Å². The third-order valence-electron chi connectivity index (χ3n) is 8.44. The minimum absolute atomic E-state index is 0. The molecule has 2 saturated heterocycles. The zero-order valence-electron chi connectivity index (χ0n) is 28.7. The Morgan fingerprint density at radius 2 is 1.53 bits per heavy atom. The molecule has 3 rings (SSSR count). The van der Waals surface area contributed by atoms with E-state index in [0.717, 1.165) is 0 Å². The van der Waals surface area contributed by atoms with Crippen molar-refractivity contribution >= 4 is 6.29 Å². The van der Waals surface area contributed by atoms with Gasteiger partial charge in [0.2, 0.25) is 0 Å². The summed E-state index contributed by atoms with van der Waals surface area (Å²) in [6.07, 6.45) is -18.2. The highest BCUT2D eigenvalue weighted by molar-refractivity contribution is 5.56. The molecule has 1 aliphatic carbocycles. The van der Waals surface area contributed by atoms with Crippen LogP contribution >= 0.6 is 0 Å². The summed E-state index contributed by atoms with van der Waals surface area (Å²) < 4.78 is 22.0. The highest BCUT2D eigenvalue weighted by Gasteiger charge is 2.52. The van der Waals surface area contributed by atoms with E-state index in [1.54, 1.807) is 0 Å². The molecule has 0 aromatic rings. The molecule has 14 N–H and O–H groups in total. The van der Waals surface area contributed by atoms with Gasteiger partial charge in [0.1, 0.15) is 79.4 Å². The molecule has 0 saturated carbocycles. The average Bonchev–Trinajstić information content (AvgIpc) is 3.18. The van der Waals surface area contributed by atoms with E-state index >= 15 is 0 Å². The molecule has 0 radical (unpaired) electrons. The number of aliphatic hydroxyl groups excluding tert-OH is 12. The van der Waals surface area contributed by atoms with Crippen LogP contribution in [0.4, 0.5) is 0 Å². The Hall–Kier alpha value is -2.83. The summed E-state index contributed by atoms with van der Waals surface area (Å²) >= 11 is 0. The largest absolute Gasteiger partial charge is 0.394 e. The lowest BCUT2D eigenvalue weighted by atomic mass is 9.86. The summed E-state index contributed by atoms with van der Waals surface area (Å²) in [5.41, 5.74) is -0.0572. The van der Waals surface area contributed by atoms with Gasteiger partial charge in [-0.05, 0) is 56.3 Å². The summed E-state index contributed by atoms with van der Waals surface area (Å²) in [5, 5.41) is 149. The number of nitrogens with one attached hydrogen (secondary N) is 1. The van der Waals surface area contributed by atoms with Crippen molar-refractivity contribution in [1.29, 1.82) is 0 Å². The second-order valence-corrected chi connectivity index (χ2v) is 11.9. The van der Waals surface area contributed by atoms with E-state index in [2.05, 4.69) is 49.2 Å². The van der Waals surface area contributed by atoms with Gasteiger partial charge >= 0.3 is 0 Å². The SMILES string of the molecule is C#CC#CC#C.CC1OC(OC2C(CO)OC(OC(C(O)CO)C(O)C(O)C=O)C(O)C2O)C(O)C(O)C1NC1C=C(CO)C(OOOOOO)C(O)C1O.[HH].[HH].[HH].[HH]. The molecular formula is C31H53NO23. The van der Waals surface area contributed by atoms with Gasteiger partial charge in [0.05, 0.1) is 38.0 Å². The van der Waals surface area contributed by atoms with E-state index < -0.39 is 130 Å². The molecule has 55 heavy (non-hydrogen) atoms. The third kappa shape index (κ3) is 12.8. The van der Waals surface area contributed by atoms with Gasteiger partial charge in [0.15, 0.2) is 18.9 Å². The van der Waals surface area contributed by atoms with Crippen molar-refractivity contribution < 1.29 is 121 Å². The molecule has 0 aromatic heterocycles. The second-order valence-electron chi connectivity index (χ2n) is 11.9. The van der Waals surface area contributed by atoms with Gasteiger partial charge in [-0.2, -0.15) is 4.89 Å². The molecule has 3 aliphatic rings. The summed E-state index contributed by atoms with van der Waals surface area (Å²) in [4.78, 5) is 15.6. The Labute approximate surface area is 318 Å². The number of hydrogen-bond donors (Lipinski definition) is 14. The molecule has 2 heterocycles. The first-order valence-corrected chi connectivity index (χ1v) is 16.0. The maximum atomic E-state index is 11.0. The Morgan fingerprint density at radius 1 is 0.891 bits per heavy atom. The average molecular weight is 808 g/mol. The fourth-order valence-corrected chi connectivity index (χ4v) is 5.61.